The van der Waals surface area contributed by atoms with Crippen LogP contribution in [0.3, 0.4) is 0 Å². The van der Waals surface area contributed by atoms with Crippen LogP contribution in [0, 0.1) is 17.3 Å². The second-order valence-electron chi connectivity index (χ2n) is 9.28. The van der Waals surface area contributed by atoms with Gasteiger partial charge in [-0.3, -0.25) is 4.90 Å². The van der Waals surface area contributed by atoms with Gasteiger partial charge in [0.2, 0.25) is 0 Å². The number of fused-ring (bicyclic) bond motifs is 1. The lowest BCUT2D eigenvalue weighted by Crippen LogP contribution is -2.60. The summed E-state index contributed by atoms with van der Waals surface area (Å²) in [6, 6.07) is 0.525. The zero-order chi connectivity index (χ0) is 16.9. The van der Waals surface area contributed by atoms with Crippen LogP contribution in [0.2, 0.25) is 0 Å². The van der Waals surface area contributed by atoms with Crippen LogP contribution in [0.15, 0.2) is 0 Å². The average molecular weight is 310 g/mol. The van der Waals surface area contributed by atoms with Gasteiger partial charge >= 0.3 is 0 Å². The van der Waals surface area contributed by atoms with Gasteiger partial charge in [0.15, 0.2) is 0 Å². The van der Waals surface area contributed by atoms with E-state index in [1.54, 1.807) is 0 Å². The predicted molar refractivity (Wildman–Crippen MR) is 89.5 cm³/mol. The number of aldehydes is 1. The van der Waals surface area contributed by atoms with Crippen molar-refractivity contribution in [3.05, 3.63) is 0 Å². The molecule has 0 bridgehead atoms. The van der Waals surface area contributed by atoms with Gasteiger partial charge in [0.05, 0.1) is 5.54 Å². The van der Waals surface area contributed by atoms with Crippen LogP contribution in [0.5, 0.6) is 0 Å². The molecule has 0 amide bonds. The molecule has 4 nitrogen and oxygen atoms in total. The third-order valence-corrected chi connectivity index (χ3v) is 6.01. The molecular weight excluding hydrogens is 276 g/mol. The molecule has 0 aromatic rings. The summed E-state index contributed by atoms with van der Waals surface area (Å²) in [5.74, 6) is 0.816. The van der Waals surface area contributed by atoms with Gasteiger partial charge in [-0.1, -0.05) is 20.3 Å². The Morgan fingerprint density at radius 1 is 1.18 bits per heavy atom. The molecule has 1 aliphatic heterocycles. The molecule has 3 N–H and O–H groups in total. The zero-order valence-electron chi connectivity index (χ0n) is 15.1. The highest BCUT2D eigenvalue weighted by Gasteiger charge is 2.61. The topological polar surface area (TPSA) is 66.6 Å². The third kappa shape index (κ3) is 2.74. The summed E-state index contributed by atoms with van der Waals surface area (Å²) in [6.45, 7) is 12.5. The number of hydrogen-bond acceptors (Lipinski definition) is 4. The molecule has 2 fully saturated rings. The van der Waals surface area contributed by atoms with E-state index in [0.717, 1.165) is 12.7 Å². The lowest BCUT2D eigenvalue weighted by molar-refractivity contribution is -0.122. The molecule has 4 heteroatoms. The van der Waals surface area contributed by atoms with Gasteiger partial charge in [0.1, 0.15) is 6.29 Å². The van der Waals surface area contributed by atoms with Crippen LogP contribution in [-0.4, -0.2) is 46.1 Å². The first-order chi connectivity index (χ1) is 9.97. The van der Waals surface area contributed by atoms with E-state index in [-0.39, 0.29) is 23.6 Å². The molecule has 0 aromatic carbocycles. The highest BCUT2D eigenvalue weighted by Crippen LogP contribution is 2.54. The van der Waals surface area contributed by atoms with Gasteiger partial charge in [-0.15, -0.1) is 0 Å². The van der Waals surface area contributed by atoms with Crippen LogP contribution >= 0.6 is 0 Å². The smallest absolute Gasteiger partial charge is 0.139 e. The summed E-state index contributed by atoms with van der Waals surface area (Å²) in [7, 11) is 0. The van der Waals surface area contributed by atoms with Crippen LogP contribution in [0.25, 0.3) is 0 Å². The predicted octanol–water partition coefficient (Wildman–Crippen LogP) is 2.19. The fourth-order valence-corrected chi connectivity index (χ4v) is 5.11. The molecule has 22 heavy (non-hydrogen) atoms. The summed E-state index contributed by atoms with van der Waals surface area (Å²) in [5, 5.41) is 10.0. The minimum atomic E-state index is -0.523. The number of nitrogens with two attached hydrogens (primary N) is 1. The first-order valence-electron chi connectivity index (χ1n) is 8.62. The minimum Gasteiger partial charge on any atom is -0.396 e. The first-order valence-corrected chi connectivity index (χ1v) is 8.62. The molecule has 0 aromatic heterocycles. The minimum absolute atomic E-state index is 0.106. The van der Waals surface area contributed by atoms with Gasteiger partial charge < -0.3 is 15.6 Å². The number of carbonyl (C=O) groups excluding carboxylic acids is 1. The normalized spacial score (nSPS) is 34.0. The van der Waals surface area contributed by atoms with Crippen LogP contribution in [0.4, 0.5) is 0 Å². The largest absolute Gasteiger partial charge is 0.396 e. The second-order valence-corrected chi connectivity index (χ2v) is 9.28. The Balaban J connectivity index is 2.56. The quantitative estimate of drug-likeness (QED) is 0.764. The number of rotatable bonds is 5. The number of aliphatic hydroxyl groups is 1. The highest BCUT2D eigenvalue weighted by atomic mass is 16.3. The number of nitrogens with zero attached hydrogens (tertiary/aromatic N) is 1. The molecule has 1 saturated carbocycles. The summed E-state index contributed by atoms with van der Waals surface area (Å²) in [6.07, 6.45) is 4.58. The Bertz CT molecular complexity index is 425. The molecule has 128 valence electrons. The summed E-state index contributed by atoms with van der Waals surface area (Å²) in [4.78, 5) is 14.2. The maximum atomic E-state index is 11.8. The maximum Gasteiger partial charge on any atom is 0.139 e. The maximum absolute atomic E-state index is 11.8. The molecule has 4 atom stereocenters. The Labute approximate surface area is 135 Å². The van der Waals surface area contributed by atoms with Crippen molar-refractivity contribution in [2.24, 2.45) is 23.0 Å². The number of aliphatic hydroxyl groups excluding tert-OH is 1. The van der Waals surface area contributed by atoms with E-state index in [1.807, 2.05) is 13.8 Å². The van der Waals surface area contributed by atoms with Crippen LogP contribution in [-0.2, 0) is 4.79 Å². The lowest BCUT2D eigenvalue weighted by atomic mass is 9.67. The van der Waals surface area contributed by atoms with Crippen molar-refractivity contribution in [1.82, 2.24) is 4.90 Å². The van der Waals surface area contributed by atoms with E-state index >= 15 is 0 Å². The fraction of sp³-hybridized carbons (Fsp3) is 0.944. The van der Waals surface area contributed by atoms with E-state index in [0.29, 0.717) is 17.9 Å². The third-order valence-electron chi connectivity index (χ3n) is 6.01. The van der Waals surface area contributed by atoms with Crippen molar-refractivity contribution in [1.29, 1.82) is 0 Å². The molecule has 1 aliphatic carbocycles. The van der Waals surface area contributed by atoms with Crippen molar-refractivity contribution in [3.8, 4) is 0 Å². The standard InChI is InChI=1S/C18H34N2O2/c1-16(2,10-21)15-14(18(5,6)19)12-8-7-9-13(12)20(15)17(3,4)11-22/h11-15,21H,7-10,19H2,1-6H3. The summed E-state index contributed by atoms with van der Waals surface area (Å²) in [5.41, 5.74) is 5.46. The van der Waals surface area contributed by atoms with Crippen molar-refractivity contribution < 1.29 is 9.90 Å². The molecule has 0 radical (unpaired) electrons. The van der Waals surface area contributed by atoms with Gasteiger partial charge in [0.25, 0.3) is 0 Å². The van der Waals surface area contributed by atoms with Crippen molar-refractivity contribution in [3.63, 3.8) is 0 Å². The molecule has 4 unspecified atom stereocenters. The number of likely N-dealkylation sites (tertiary alicyclic amines) is 1. The molecule has 2 rings (SSSR count). The average Bonchev–Trinajstić information content (AvgIpc) is 2.95. The van der Waals surface area contributed by atoms with E-state index in [9.17, 15) is 9.90 Å². The Kier molecular flexibility index (Phi) is 4.53. The van der Waals surface area contributed by atoms with Gasteiger partial charge in [0, 0.05) is 29.6 Å². The molecule has 1 heterocycles. The zero-order valence-corrected chi connectivity index (χ0v) is 15.1. The Hall–Kier alpha value is -0.450. The molecule has 0 spiro atoms. The Morgan fingerprint density at radius 2 is 1.77 bits per heavy atom. The van der Waals surface area contributed by atoms with Crippen molar-refractivity contribution in [2.75, 3.05) is 6.61 Å². The Morgan fingerprint density at radius 3 is 2.23 bits per heavy atom. The monoisotopic (exact) mass is 310 g/mol. The molecular formula is C18H34N2O2. The highest BCUT2D eigenvalue weighted by molar-refractivity contribution is 5.63. The second kappa shape index (κ2) is 5.57. The summed E-state index contributed by atoms with van der Waals surface area (Å²) < 4.78 is 0. The lowest BCUT2D eigenvalue weighted by Gasteiger charge is -2.49. The van der Waals surface area contributed by atoms with Gasteiger partial charge in [-0.2, -0.15) is 0 Å². The van der Waals surface area contributed by atoms with Gasteiger partial charge in [-0.25, -0.2) is 0 Å². The van der Waals surface area contributed by atoms with E-state index in [1.165, 1.54) is 12.8 Å². The fourth-order valence-electron chi connectivity index (χ4n) is 5.11. The first kappa shape index (κ1) is 17.9. The summed E-state index contributed by atoms with van der Waals surface area (Å²) >= 11 is 0. The SMILES string of the molecule is CC(C)(N)C1C2CCCC2N(C(C)(C)C=O)C1C(C)(C)CO. The van der Waals surface area contributed by atoms with Crippen LogP contribution in [0.1, 0.15) is 60.8 Å². The number of hydrogen-bond donors (Lipinski definition) is 2. The van der Waals surface area contributed by atoms with E-state index in [2.05, 4.69) is 32.6 Å². The molecule has 1 saturated heterocycles. The van der Waals surface area contributed by atoms with E-state index in [4.69, 9.17) is 5.73 Å². The van der Waals surface area contributed by atoms with Crippen LogP contribution < -0.4 is 5.73 Å². The van der Waals surface area contributed by atoms with E-state index < -0.39 is 5.54 Å². The number of carbonyl (C=O) groups is 1. The molecule has 2 aliphatic rings. The van der Waals surface area contributed by atoms with Crippen molar-refractivity contribution in [2.45, 2.75) is 84.0 Å². The van der Waals surface area contributed by atoms with Crippen molar-refractivity contribution >= 4 is 6.29 Å². The van der Waals surface area contributed by atoms with Gasteiger partial charge in [-0.05, 0) is 52.4 Å².